The van der Waals surface area contributed by atoms with Crippen molar-refractivity contribution in [1.82, 2.24) is 10.2 Å². The molecule has 0 spiro atoms. The number of nitrogens with zero attached hydrogens (tertiary/aromatic N) is 1. The van der Waals surface area contributed by atoms with Crippen molar-refractivity contribution in [2.24, 2.45) is 0 Å². The number of carbonyl (C=O) groups is 2. The van der Waals surface area contributed by atoms with E-state index in [1.165, 1.54) is 0 Å². The lowest BCUT2D eigenvalue weighted by molar-refractivity contribution is -0.141. The maximum atomic E-state index is 11.7. The Balaban J connectivity index is 2.43. The first-order valence-electron chi connectivity index (χ1n) is 5.38. The molecule has 2 amide bonds. The number of carbonyl (C=O) groups excluding carboxylic acids is 1. The number of urea groups is 1. The highest BCUT2D eigenvalue weighted by Crippen LogP contribution is 2.08. The van der Waals surface area contributed by atoms with E-state index in [1.54, 1.807) is 4.90 Å². The predicted octanol–water partition coefficient (Wildman–Crippen LogP) is 0.280. The summed E-state index contributed by atoms with van der Waals surface area (Å²) in [5.41, 5.74) is 0. The van der Waals surface area contributed by atoms with E-state index < -0.39 is 12.1 Å². The molecule has 1 unspecified atom stereocenters. The molecule has 0 saturated carbocycles. The fraction of sp³-hybridized carbons (Fsp3) is 0.800. The van der Waals surface area contributed by atoms with Crippen LogP contribution in [0, 0.1) is 0 Å². The Kier molecular flexibility index (Phi) is 4.54. The van der Waals surface area contributed by atoms with Crippen LogP contribution in [-0.2, 0) is 9.53 Å². The summed E-state index contributed by atoms with van der Waals surface area (Å²) in [6, 6.07) is -0.0815. The summed E-state index contributed by atoms with van der Waals surface area (Å²) in [6.45, 7) is 5.00. The van der Waals surface area contributed by atoms with Gasteiger partial charge in [-0.3, -0.25) is 4.79 Å². The fourth-order valence-electron chi connectivity index (χ4n) is 1.56. The zero-order valence-corrected chi connectivity index (χ0v) is 9.60. The first-order valence-corrected chi connectivity index (χ1v) is 5.38. The highest BCUT2D eigenvalue weighted by Gasteiger charge is 2.25. The molecule has 6 nitrogen and oxygen atoms in total. The van der Waals surface area contributed by atoms with Gasteiger partial charge in [-0.1, -0.05) is 0 Å². The van der Waals surface area contributed by atoms with Gasteiger partial charge in [0, 0.05) is 19.1 Å². The van der Waals surface area contributed by atoms with Gasteiger partial charge in [-0.25, -0.2) is 4.79 Å². The number of amides is 2. The molecule has 0 bridgehead atoms. The van der Waals surface area contributed by atoms with Crippen LogP contribution in [0.3, 0.4) is 0 Å². The van der Waals surface area contributed by atoms with Gasteiger partial charge in [0.1, 0.15) is 0 Å². The summed E-state index contributed by atoms with van der Waals surface area (Å²) in [6.07, 6.45) is -0.463. The lowest BCUT2D eigenvalue weighted by Crippen LogP contribution is -2.51. The second-order valence-electron chi connectivity index (χ2n) is 4.14. The van der Waals surface area contributed by atoms with Crippen molar-refractivity contribution in [3.05, 3.63) is 0 Å². The molecule has 0 aromatic heterocycles. The molecule has 1 saturated heterocycles. The SMILES string of the molecule is CC(C)NC(=O)N1CCOC(CC(=O)O)C1. The quantitative estimate of drug-likeness (QED) is 0.730. The number of hydrogen-bond donors (Lipinski definition) is 2. The number of nitrogens with one attached hydrogen (secondary N) is 1. The smallest absolute Gasteiger partial charge is 0.317 e. The van der Waals surface area contributed by atoms with Crippen LogP contribution in [0.2, 0.25) is 0 Å². The van der Waals surface area contributed by atoms with Gasteiger partial charge in [0.05, 0.1) is 19.1 Å². The van der Waals surface area contributed by atoms with Gasteiger partial charge < -0.3 is 20.1 Å². The predicted molar refractivity (Wildman–Crippen MR) is 57.2 cm³/mol. The summed E-state index contributed by atoms with van der Waals surface area (Å²) in [5.74, 6) is -0.906. The zero-order valence-electron chi connectivity index (χ0n) is 9.60. The third kappa shape index (κ3) is 4.06. The van der Waals surface area contributed by atoms with Crippen LogP contribution in [0.1, 0.15) is 20.3 Å². The fourth-order valence-corrected chi connectivity index (χ4v) is 1.56. The Labute approximate surface area is 94.6 Å². The molecule has 1 aliphatic rings. The third-order valence-electron chi connectivity index (χ3n) is 2.24. The topological polar surface area (TPSA) is 78.9 Å². The Hall–Kier alpha value is -1.30. The van der Waals surface area contributed by atoms with Gasteiger partial charge in [0.25, 0.3) is 0 Å². The van der Waals surface area contributed by atoms with Gasteiger partial charge in [0.15, 0.2) is 0 Å². The van der Waals surface area contributed by atoms with Crippen molar-refractivity contribution < 1.29 is 19.4 Å². The van der Waals surface area contributed by atoms with Crippen LogP contribution >= 0.6 is 0 Å². The number of carboxylic acid groups (broad SMARTS) is 1. The molecule has 0 aromatic rings. The van der Waals surface area contributed by atoms with Crippen LogP contribution in [0.5, 0.6) is 0 Å². The molecule has 1 fully saturated rings. The van der Waals surface area contributed by atoms with Gasteiger partial charge in [-0.05, 0) is 13.8 Å². The molecule has 1 heterocycles. The minimum Gasteiger partial charge on any atom is -0.481 e. The highest BCUT2D eigenvalue weighted by atomic mass is 16.5. The molecule has 1 atom stereocenters. The minimum absolute atomic E-state index is 0.0640. The Morgan fingerprint density at radius 1 is 1.56 bits per heavy atom. The van der Waals surface area contributed by atoms with Crippen molar-refractivity contribution in [3.8, 4) is 0 Å². The van der Waals surface area contributed by atoms with Crippen molar-refractivity contribution in [2.75, 3.05) is 19.7 Å². The maximum Gasteiger partial charge on any atom is 0.317 e. The Morgan fingerprint density at radius 2 is 2.25 bits per heavy atom. The van der Waals surface area contributed by atoms with Gasteiger partial charge in [0.2, 0.25) is 0 Å². The minimum atomic E-state index is -0.906. The van der Waals surface area contributed by atoms with E-state index in [0.29, 0.717) is 19.7 Å². The van der Waals surface area contributed by atoms with Crippen LogP contribution < -0.4 is 5.32 Å². The summed E-state index contributed by atoms with van der Waals surface area (Å²) in [4.78, 5) is 23.8. The van der Waals surface area contributed by atoms with Crippen LogP contribution in [0.15, 0.2) is 0 Å². The third-order valence-corrected chi connectivity index (χ3v) is 2.24. The van der Waals surface area contributed by atoms with E-state index in [1.807, 2.05) is 13.8 Å². The summed E-state index contributed by atoms with van der Waals surface area (Å²) >= 11 is 0. The highest BCUT2D eigenvalue weighted by molar-refractivity contribution is 5.74. The van der Waals surface area contributed by atoms with E-state index in [9.17, 15) is 9.59 Å². The molecule has 0 aliphatic carbocycles. The van der Waals surface area contributed by atoms with Crippen LogP contribution in [-0.4, -0.2) is 53.8 Å². The van der Waals surface area contributed by atoms with Crippen LogP contribution in [0.4, 0.5) is 4.79 Å². The molecular formula is C10H18N2O4. The number of aliphatic carboxylic acids is 1. The number of morpholine rings is 1. The average molecular weight is 230 g/mol. The molecule has 1 rings (SSSR count). The van der Waals surface area contributed by atoms with Crippen molar-refractivity contribution in [2.45, 2.75) is 32.4 Å². The lowest BCUT2D eigenvalue weighted by atomic mass is 10.2. The normalized spacial score (nSPS) is 20.9. The second-order valence-corrected chi connectivity index (χ2v) is 4.14. The largest absolute Gasteiger partial charge is 0.481 e. The molecule has 92 valence electrons. The Morgan fingerprint density at radius 3 is 2.81 bits per heavy atom. The van der Waals surface area contributed by atoms with Gasteiger partial charge >= 0.3 is 12.0 Å². The van der Waals surface area contributed by atoms with Gasteiger partial charge in [-0.2, -0.15) is 0 Å². The van der Waals surface area contributed by atoms with Crippen molar-refractivity contribution in [1.29, 1.82) is 0 Å². The second kappa shape index (κ2) is 5.69. The number of ether oxygens (including phenoxy) is 1. The first-order chi connectivity index (χ1) is 7.49. The first kappa shape index (κ1) is 12.8. The van der Waals surface area contributed by atoms with E-state index in [0.717, 1.165) is 0 Å². The maximum absolute atomic E-state index is 11.7. The van der Waals surface area contributed by atoms with Crippen LogP contribution in [0.25, 0.3) is 0 Å². The number of carboxylic acids is 1. The molecule has 6 heteroatoms. The van der Waals surface area contributed by atoms with E-state index >= 15 is 0 Å². The monoisotopic (exact) mass is 230 g/mol. The summed E-state index contributed by atoms with van der Waals surface area (Å²) < 4.78 is 5.27. The van der Waals surface area contributed by atoms with Crippen molar-refractivity contribution in [3.63, 3.8) is 0 Å². The zero-order chi connectivity index (χ0) is 12.1. The van der Waals surface area contributed by atoms with Gasteiger partial charge in [-0.15, -0.1) is 0 Å². The lowest BCUT2D eigenvalue weighted by Gasteiger charge is -2.32. The summed E-state index contributed by atoms with van der Waals surface area (Å²) in [5, 5.41) is 11.4. The molecule has 16 heavy (non-hydrogen) atoms. The molecule has 0 aromatic carbocycles. The molecule has 0 radical (unpaired) electrons. The number of rotatable bonds is 3. The van der Waals surface area contributed by atoms with E-state index in [2.05, 4.69) is 5.32 Å². The van der Waals surface area contributed by atoms with Crippen molar-refractivity contribution >= 4 is 12.0 Å². The molecule has 1 aliphatic heterocycles. The summed E-state index contributed by atoms with van der Waals surface area (Å²) in [7, 11) is 0. The molecular weight excluding hydrogens is 212 g/mol. The molecule has 2 N–H and O–H groups in total. The number of hydrogen-bond acceptors (Lipinski definition) is 3. The average Bonchev–Trinajstić information content (AvgIpc) is 2.16. The Bertz CT molecular complexity index is 268. The standard InChI is InChI=1S/C10H18N2O4/c1-7(2)11-10(15)12-3-4-16-8(6-12)5-9(13)14/h7-8H,3-6H2,1-2H3,(H,11,15)(H,13,14). The van der Waals surface area contributed by atoms with E-state index in [4.69, 9.17) is 9.84 Å². The van der Waals surface area contributed by atoms with E-state index in [-0.39, 0.29) is 18.5 Å².